The molecule has 0 aromatic heterocycles. The van der Waals surface area contributed by atoms with E-state index < -0.39 is 24.1 Å². The normalized spacial score (nSPS) is 19.4. The maximum Gasteiger partial charge on any atom is 0.573 e. The standard InChI is InChI=1S/C13H13F3N2O3/c1-2-8-7-11(19)18(12(20)17-8)9-3-5-10(6-4-9)21-13(14,15)16/h3-6,8H,2,7H2,1H3,(H,17,20). The van der Waals surface area contributed by atoms with Crippen molar-refractivity contribution in [2.45, 2.75) is 32.2 Å². The highest BCUT2D eigenvalue weighted by Crippen LogP contribution is 2.26. The third-order valence-corrected chi connectivity index (χ3v) is 3.02. The van der Waals surface area contributed by atoms with E-state index >= 15 is 0 Å². The molecule has 114 valence electrons. The summed E-state index contributed by atoms with van der Waals surface area (Å²) in [6.45, 7) is 1.84. The zero-order valence-electron chi connectivity index (χ0n) is 11.1. The van der Waals surface area contributed by atoms with Gasteiger partial charge in [-0.1, -0.05) is 6.92 Å². The Bertz CT molecular complexity index is 525. The van der Waals surface area contributed by atoms with Crippen molar-refractivity contribution in [1.82, 2.24) is 5.32 Å². The number of imide groups is 1. The van der Waals surface area contributed by atoms with Gasteiger partial charge in [-0.15, -0.1) is 13.2 Å². The number of alkyl halides is 3. The van der Waals surface area contributed by atoms with Crippen molar-refractivity contribution >= 4 is 17.6 Å². The number of carbonyl (C=O) groups excluding carboxylic acids is 2. The summed E-state index contributed by atoms with van der Waals surface area (Å²) < 4.78 is 39.9. The molecule has 1 atom stereocenters. The van der Waals surface area contributed by atoms with Crippen LogP contribution in [0.15, 0.2) is 24.3 Å². The SMILES string of the molecule is CCC1CC(=O)N(c2ccc(OC(F)(F)F)cc2)C(=O)N1. The van der Waals surface area contributed by atoms with E-state index in [0.717, 1.165) is 17.0 Å². The summed E-state index contributed by atoms with van der Waals surface area (Å²) in [5.41, 5.74) is 0.196. The second kappa shape index (κ2) is 5.63. The van der Waals surface area contributed by atoms with Crippen LogP contribution in [-0.4, -0.2) is 24.3 Å². The number of nitrogens with zero attached hydrogens (tertiary/aromatic N) is 1. The molecule has 21 heavy (non-hydrogen) atoms. The number of carbonyl (C=O) groups is 2. The van der Waals surface area contributed by atoms with E-state index in [4.69, 9.17) is 0 Å². The van der Waals surface area contributed by atoms with E-state index in [2.05, 4.69) is 10.1 Å². The summed E-state index contributed by atoms with van der Waals surface area (Å²) in [5, 5.41) is 2.65. The molecule has 1 N–H and O–H groups in total. The van der Waals surface area contributed by atoms with Gasteiger partial charge in [0.25, 0.3) is 0 Å². The molecule has 0 saturated carbocycles. The molecule has 1 saturated heterocycles. The molecule has 3 amide bonds. The van der Waals surface area contributed by atoms with E-state index in [1.54, 1.807) is 0 Å². The molecule has 1 heterocycles. The van der Waals surface area contributed by atoms with Crippen LogP contribution >= 0.6 is 0 Å². The zero-order chi connectivity index (χ0) is 15.6. The average molecular weight is 302 g/mol. The first-order valence-corrected chi connectivity index (χ1v) is 6.29. The Morgan fingerprint density at radius 3 is 2.38 bits per heavy atom. The van der Waals surface area contributed by atoms with E-state index in [1.807, 2.05) is 6.92 Å². The first kappa shape index (κ1) is 15.1. The topological polar surface area (TPSA) is 58.6 Å². The van der Waals surface area contributed by atoms with Crippen LogP contribution in [0.1, 0.15) is 19.8 Å². The molecule has 1 aliphatic rings. The molecule has 1 aliphatic heterocycles. The fourth-order valence-electron chi connectivity index (χ4n) is 2.01. The largest absolute Gasteiger partial charge is 0.573 e. The summed E-state index contributed by atoms with van der Waals surface area (Å²) in [4.78, 5) is 24.7. The summed E-state index contributed by atoms with van der Waals surface area (Å²) in [7, 11) is 0. The highest BCUT2D eigenvalue weighted by Gasteiger charge is 2.33. The lowest BCUT2D eigenvalue weighted by molar-refractivity contribution is -0.274. The Morgan fingerprint density at radius 1 is 1.29 bits per heavy atom. The fraction of sp³-hybridized carbons (Fsp3) is 0.385. The van der Waals surface area contributed by atoms with Gasteiger partial charge in [0.15, 0.2) is 0 Å². The summed E-state index contributed by atoms with van der Waals surface area (Å²) in [5.74, 6) is -0.808. The Balaban J connectivity index is 2.15. The first-order valence-electron chi connectivity index (χ1n) is 6.29. The molecule has 5 nitrogen and oxygen atoms in total. The van der Waals surface area contributed by atoms with E-state index in [-0.39, 0.29) is 18.2 Å². The lowest BCUT2D eigenvalue weighted by atomic mass is 10.1. The van der Waals surface area contributed by atoms with Crippen molar-refractivity contribution in [3.8, 4) is 5.75 Å². The van der Waals surface area contributed by atoms with Gasteiger partial charge < -0.3 is 10.1 Å². The van der Waals surface area contributed by atoms with Crippen LogP contribution in [0.4, 0.5) is 23.7 Å². The van der Waals surface area contributed by atoms with Gasteiger partial charge in [-0.05, 0) is 30.7 Å². The number of benzene rings is 1. The monoisotopic (exact) mass is 302 g/mol. The van der Waals surface area contributed by atoms with Gasteiger partial charge in [0.2, 0.25) is 5.91 Å². The Hall–Kier alpha value is -2.25. The number of halogens is 3. The number of ether oxygens (including phenoxy) is 1. The summed E-state index contributed by atoms with van der Waals surface area (Å²) in [6, 6.07) is 3.76. The van der Waals surface area contributed by atoms with Gasteiger partial charge in [0, 0.05) is 12.5 Å². The Labute approximate surface area is 118 Å². The number of anilines is 1. The number of rotatable bonds is 3. The molecule has 0 bridgehead atoms. The molecule has 0 radical (unpaired) electrons. The molecular formula is C13H13F3N2O3. The molecule has 1 fully saturated rings. The second-order valence-electron chi connectivity index (χ2n) is 4.53. The van der Waals surface area contributed by atoms with Crippen molar-refractivity contribution in [2.24, 2.45) is 0 Å². The first-order chi connectivity index (χ1) is 9.80. The molecule has 8 heteroatoms. The minimum atomic E-state index is -4.78. The lowest BCUT2D eigenvalue weighted by Gasteiger charge is -2.30. The van der Waals surface area contributed by atoms with Crippen molar-refractivity contribution in [1.29, 1.82) is 0 Å². The molecule has 0 aliphatic carbocycles. The van der Waals surface area contributed by atoms with Crippen LogP contribution < -0.4 is 15.0 Å². The quantitative estimate of drug-likeness (QED) is 0.934. The zero-order valence-corrected chi connectivity index (χ0v) is 11.1. The van der Waals surface area contributed by atoms with Crippen molar-refractivity contribution in [3.05, 3.63) is 24.3 Å². The third kappa shape index (κ3) is 3.65. The molecule has 2 rings (SSSR count). The maximum atomic E-state index is 12.1. The van der Waals surface area contributed by atoms with Gasteiger partial charge in [-0.3, -0.25) is 4.79 Å². The van der Waals surface area contributed by atoms with E-state index in [9.17, 15) is 22.8 Å². The van der Waals surface area contributed by atoms with Crippen molar-refractivity contribution in [3.63, 3.8) is 0 Å². The van der Waals surface area contributed by atoms with Gasteiger partial charge in [0.1, 0.15) is 5.75 Å². The second-order valence-corrected chi connectivity index (χ2v) is 4.53. The lowest BCUT2D eigenvalue weighted by Crippen LogP contribution is -2.54. The van der Waals surface area contributed by atoms with Crippen LogP contribution in [0.25, 0.3) is 0 Å². The number of nitrogens with one attached hydrogen (secondary N) is 1. The fourth-order valence-corrected chi connectivity index (χ4v) is 2.01. The minimum absolute atomic E-state index is 0.156. The number of urea groups is 1. The van der Waals surface area contributed by atoms with Crippen LogP contribution in [0.3, 0.4) is 0 Å². The average Bonchev–Trinajstić information content (AvgIpc) is 2.38. The predicted molar refractivity (Wildman–Crippen MR) is 67.8 cm³/mol. The number of amides is 3. The molecule has 1 aromatic carbocycles. The molecule has 0 spiro atoms. The number of hydrogen-bond donors (Lipinski definition) is 1. The predicted octanol–water partition coefficient (Wildman–Crippen LogP) is 2.81. The molecular weight excluding hydrogens is 289 g/mol. The summed E-state index contributed by atoms with van der Waals surface area (Å²) in [6.07, 6.45) is -4.00. The third-order valence-electron chi connectivity index (χ3n) is 3.02. The van der Waals surface area contributed by atoms with Crippen molar-refractivity contribution in [2.75, 3.05) is 4.90 Å². The Morgan fingerprint density at radius 2 is 1.90 bits per heavy atom. The van der Waals surface area contributed by atoms with Gasteiger partial charge in [-0.2, -0.15) is 0 Å². The van der Waals surface area contributed by atoms with Crippen LogP contribution in [0.2, 0.25) is 0 Å². The van der Waals surface area contributed by atoms with Gasteiger partial charge >= 0.3 is 12.4 Å². The van der Waals surface area contributed by atoms with Gasteiger partial charge in [-0.25, -0.2) is 9.69 Å². The van der Waals surface area contributed by atoms with Gasteiger partial charge in [0.05, 0.1) is 5.69 Å². The minimum Gasteiger partial charge on any atom is -0.406 e. The summed E-state index contributed by atoms with van der Waals surface area (Å²) >= 11 is 0. The van der Waals surface area contributed by atoms with Crippen LogP contribution in [-0.2, 0) is 4.79 Å². The number of hydrogen-bond acceptors (Lipinski definition) is 3. The van der Waals surface area contributed by atoms with E-state index in [0.29, 0.717) is 6.42 Å². The highest BCUT2D eigenvalue weighted by atomic mass is 19.4. The van der Waals surface area contributed by atoms with Crippen LogP contribution in [0.5, 0.6) is 5.75 Å². The molecule has 1 unspecified atom stereocenters. The van der Waals surface area contributed by atoms with Crippen LogP contribution in [0, 0.1) is 0 Å². The molecule has 1 aromatic rings. The van der Waals surface area contributed by atoms with E-state index in [1.165, 1.54) is 12.1 Å². The highest BCUT2D eigenvalue weighted by molar-refractivity contribution is 6.16. The Kier molecular flexibility index (Phi) is 4.06. The maximum absolute atomic E-state index is 12.1. The smallest absolute Gasteiger partial charge is 0.406 e. The van der Waals surface area contributed by atoms with Crippen molar-refractivity contribution < 1.29 is 27.5 Å².